The number of carbonyl (C=O) groups excluding carboxylic acids is 1. The van der Waals surface area contributed by atoms with Crippen molar-refractivity contribution in [1.29, 1.82) is 0 Å². The molecule has 5 atom stereocenters. The number of rotatable bonds is 10. The van der Waals surface area contributed by atoms with Crippen molar-refractivity contribution in [3.63, 3.8) is 0 Å². The number of hydrogen-bond donors (Lipinski definition) is 3. The molecule has 1 aliphatic heterocycles. The second-order valence-corrected chi connectivity index (χ2v) is 5.67. The van der Waals surface area contributed by atoms with Crippen LogP contribution >= 0.6 is 0 Å². The summed E-state index contributed by atoms with van der Waals surface area (Å²) in [6.45, 7) is 2.23. The van der Waals surface area contributed by atoms with E-state index in [1.807, 2.05) is 0 Å². The lowest BCUT2D eigenvalue weighted by molar-refractivity contribution is -0.300. The zero-order chi connectivity index (χ0) is 17.9. The smallest absolute Gasteiger partial charge is 0.305 e. The Morgan fingerprint density at radius 1 is 1.13 bits per heavy atom. The van der Waals surface area contributed by atoms with E-state index in [-0.39, 0.29) is 25.6 Å². The summed E-state index contributed by atoms with van der Waals surface area (Å²) in [6, 6.07) is 0. The maximum atomic E-state index is 11.7. The molecule has 23 heavy (non-hydrogen) atoms. The van der Waals surface area contributed by atoms with E-state index in [0.717, 1.165) is 25.7 Å². The average molecular weight is 335 g/mol. The Kier molecular flexibility index (Phi) is 8.85. The Labute approximate surface area is 138 Å². The molecule has 0 aliphatic carbocycles. The topological polar surface area (TPSA) is 105 Å². The highest BCUT2D eigenvalue weighted by atomic mass is 16.7. The molecule has 1 rings (SSSR count). The van der Waals surface area contributed by atoms with Gasteiger partial charge in [-0.15, -0.1) is 0 Å². The molecule has 0 aromatic rings. The Bertz CT molecular complexity index is 355. The summed E-state index contributed by atoms with van der Waals surface area (Å²) < 4.78 is 22.7. The van der Waals surface area contributed by atoms with Crippen LogP contribution in [0.15, 0.2) is 0 Å². The van der Waals surface area contributed by atoms with Gasteiger partial charge in [0.15, 0.2) is 6.29 Å². The molecule has 0 radical (unpaired) electrons. The van der Waals surface area contributed by atoms with E-state index in [1.165, 1.54) is 0 Å². The van der Waals surface area contributed by atoms with E-state index >= 15 is 0 Å². The highest BCUT2D eigenvalue weighted by molar-refractivity contribution is 5.69. The predicted octanol–water partition coefficient (Wildman–Crippen LogP) is 0.734. The summed E-state index contributed by atoms with van der Waals surface area (Å²) >= 11 is 0. The van der Waals surface area contributed by atoms with Crippen LogP contribution in [0.4, 0.5) is 0 Å². The molecule has 1 heterocycles. The second-order valence-electron chi connectivity index (χ2n) is 5.67. The summed E-state index contributed by atoms with van der Waals surface area (Å²) in [5.74, 6) is -0.389. The average Bonchev–Trinajstić information content (AvgIpc) is 2.57. The SMILES string of the molecule is [2H]CCCCCCCC(=O)OC[C@H]1OC(OCC)[C@H](O)[C@@H](O)[C@@H]1O. The summed E-state index contributed by atoms with van der Waals surface area (Å²) in [4.78, 5) is 11.7. The van der Waals surface area contributed by atoms with Gasteiger partial charge in [-0.05, 0) is 13.3 Å². The van der Waals surface area contributed by atoms with Gasteiger partial charge in [-0.3, -0.25) is 4.79 Å². The van der Waals surface area contributed by atoms with Crippen LogP contribution in [0.5, 0.6) is 0 Å². The Morgan fingerprint density at radius 2 is 1.87 bits per heavy atom. The summed E-state index contributed by atoms with van der Waals surface area (Å²) in [5, 5.41) is 29.5. The number of ether oxygens (including phenoxy) is 3. The van der Waals surface area contributed by atoms with Crippen LogP contribution in [0.3, 0.4) is 0 Å². The van der Waals surface area contributed by atoms with Gasteiger partial charge in [0.25, 0.3) is 0 Å². The van der Waals surface area contributed by atoms with Gasteiger partial charge in [0, 0.05) is 14.4 Å². The number of esters is 1. The molecule has 136 valence electrons. The summed E-state index contributed by atoms with van der Waals surface area (Å²) in [6.07, 6.45) is -1.34. The minimum Gasteiger partial charge on any atom is -0.463 e. The number of carbonyl (C=O) groups is 1. The monoisotopic (exact) mass is 335 g/mol. The van der Waals surface area contributed by atoms with Gasteiger partial charge in [-0.2, -0.15) is 0 Å². The zero-order valence-corrected chi connectivity index (χ0v) is 13.7. The molecule has 0 saturated carbocycles. The molecule has 0 amide bonds. The van der Waals surface area contributed by atoms with Crippen LogP contribution in [0, 0.1) is 0 Å². The molecular weight excluding hydrogens is 304 g/mol. The highest BCUT2D eigenvalue weighted by Crippen LogP contribution is 2.22. The van der Waals surface area contributed by atoms with Gasteiger partial charge < -0.3 is 29.5 Å². The zero-order valence-electron chi connectivity index (χ0n) is 14.7. The first-order chi connectivity index (χ1) is 11.5. The number of unbranched alkanes of at least 4 members (excludes halogenated alkanes) is 4. The van der Waals surface area contributed by atoms with Gasteiger partial charge in [0.05, 0.1) is 0 Å². The quantitative estimate of drug-likeness (QED) is 0.399. The normalized spacial score (nSPS) is 31.7. The lowest BCUT2D eigenvalue weighted by atomic mass is 9.99. The first kappa shape index (κ1) is 18.6. The Hall–Kier alpha value is -0.730. The van der Waals surface area contributed by atoms with Crippen molar-refractivity contribution in [2.75, 3.05) is 13.2 Å². The van der Waals surface area contributed by atoms with Gasteiger partial charge in [-0.1, -0.05) is 32.6 Å². The highest BCUT2D eigenvalue weighted by Gasteiger charge is 2.44. The van der Waals surface area contributed by atoms with Crippen molar-refractivity contribution < 1.29 is 35.7 Å². The molecule has 1 fully saturated rings. The number of aliphatic hydroxyl groups excluding tert-OH is 3. The standard InChI is InChI=1S/C16H30O7/c1-3-5-6-7-8-9-12(17)22-10-11-13(18)14(19)15(20)16(23-11)21-4-2/h11,13-16,18-20H,3-10H2,1-2H3/t11-,13-,14+,15-,16?/m1/s1/i1D. The van der Waals surface area contributed by atoms with Crippen LogP contribution in [0.25, 0.3) is 0 Å². The third-order valence-electron chi connectivity index (χ3n) is 3.79. The van der Waals surface area contributed by atoms with E-state index in [1.54, 1.807) is 6.92 Å². The van der Waals surface area contributed by atoms with E-state index in [2.05, 4.69) is 0 Å². The first-order valence-electron chi connectivity index (χ1n) is 8.98. The molecule has 0 aromatic heterocycles. The molecule has 7 heteroatoms. The van der Waals surface area contributed by atoms with Crippen LogP contribution in [0.1, 0.15) is 53.7 Å². The van der Waals surface area contributed by atoms with Gasteiger partial charge >= 0.3 is 5.97 Å². The fourth-order valence-electron chi connectivity index (χ4n) is 2.40. The van der Waals surface area contributed by atoms with Crippen molar-refractivity contribution >= 4 is 5.97 Å². The van der Waals surface area contributed by atoms with E-state index in [9.17, 15) is 20.1 Å². The van der Waals surface area contributed by atoms with Crippen molar-refractivity contribution in [3.8, 4) is 0 Å². The van der Waals surface area contributed by atoms with Crippen LogP contribution in [-0.2, 0) is 19.0 Å². The Balaban J connectivity index is 2.27. The van der Waals surface area contributed by atoms with E-state index in [4.69, 9.17) is 15.6 Å². The fourth-order valence-corrected chi connectivity index (χ4v) is 2.40. The largest absolute Gasteiger partial charge is 0.463 e. The molecule has 0 spiro atoms. The number of aliphatic hydroxyl groups is 3. The molecule has 3 N–H and O–H groups in total. The molecule has 7 nitrogen and oxygen atoms in total. The third kappa shape index (κ3) is 6.73. The Morgan fingerprint density at radius 3 is 2.57 bits per heavy atom. The summed E-state index contributed by atoms with van der Waals surface area (Å²) in [5.41, 5.74) is 0. The maximum absolute atomic E-state index is 11.7. The van der Waals surface area contributed by atoms with Crippen LogP contribution < -0.4 is 0 Å². The predicted molar refractivity (Wildman–Crippen MR) is 82.6 cm³/mol. The minimum atomic E-state index is -1.42. The molecule has 1 aliphatic rings. The summed E-state index contributed by atoms with van der Waals surface area (Å²) in [7, 11) is 0. The van der Waals surface area contributed by atoms with Gasteiger partial charge in [0.1, 0.15) is 31.0 Å². The van der Waals surface area contributed by atoms with Crippen molar-refractivity contribution in [3.05, 3.63) is 0 Å². The second kappa shape index (κ2) is 10.9. The third-order valence-corrected chi connectivity index (χ3v) is 3.79. The minimum absolute atomic E-state index is 0.202. The molecule has 0 bridgehead atoms. The van der Waals surface area contributed by atoms with Crippen molar-refractivity contribution in [1.82, 2.24) is 0 Å². The molecule has 1 unspecified atom stereocenters. The number of hydrogen-bond acceptors (Lipinski definition) is 7. The van der Waals surface area contributed by atoms with Crippen LogP contribution in [0.2, 0.25) is 0 Å². The molecular formula is C16H30O7. The van der Waals surface area contributed by atoms with Crippen molar-refractivity contribution in [2.24, 2.45) is 0 Å². The molecule has 0 aromatic carbocycles. The van der Waals surface area contributed by atoms with Gasteiger partial charge in [0.2, 0.25) is 0 Å². The lowest BCUT2D eigenvalue weighted by Crippen LogP contribution is -2.59. The van der Waals surface area contributed by atoms with Crippen LogP contribution in [-0.4, -0.2) is 65.2 Å². The maximum Gasteiger partial charge on any atom is 0.305 e. The fraction of sp³-hybridized carbons (Fsp3) is 0.938. The van der Waals surface area contributed by atoms with E-state index in [0.29, 0.717) is 13.3 Å². The molecule has 1 saturated heterocycles. The van der Waals surface area contributed by atoms with E-state index < -0.39 is 30.7 Å². The van der Waals surface area contributed by atoms with Crippen molar-refractivity contribution in [2.45, 2.75) is 83.1 Å². The van der Waals surface area contributed by atoms with Gasteiger partial charge in [-0.25, -0.2) is 0 Å². The lowest BCUT2D eigenvalue weighted by Gasteiger charge is -2.39. The first-order valence-corrected chi connectivity index (χ1v) is 8.27.